The van der Waals surface area contributed by atoms with Gasteiger partial charge >= 0.3 is 0 Å². The van der Waals surface area contributed by atoms with E-state index in [4.69, 9.17) is 0 Å². The van der Waals surface area contributed by atoms with Crippen molar-refractivity contribution in [2.24, 2.45) is 22.7 Å². The van der Waals surface area contributed by atoms with Gasteiger partial charge in [0.15, 0.2) is 0 Å². The molecule has 0 amide bonds. The second-order valence-electron chi connectivity index (χ2n) is 7.53. The largest absolute Gasteiger partial charge is 0.303 e. The maximum absolute atomic E-state index is 11.3. The second-order valence-corrected chi connectivity index (χ2v) is 7.53. The highest BCUT2D eigenvalue weighted by Crippen LogP contribution is 2.55. The van der Waals surface area contributed by atoms with E-state index in [0.29, 0.717) is 11.3 Å². The molecule has 3 atom stereocenters. The first-order valence-corrected chi connectivity index (χ1v) is 7.48. The molecule has 0 saturated carbocycles. The van der Waals surface area contributed by atoms with Crippen molar-refractivity contribution in [3.05, 3.63) is 11.1 Å². The fourth-order valence-corrected chi connectivity index (χ4v) is 4.04. The molecule has 0 saturated heterocycles. The summed E-state index contributed by atoms with van der Waals surface area (Å²) in [7, 11) is 0. The molecular formula is C17H28O. The lowest BCUT2D eigenvalue weighted by atomic mass is 9.55. The number of allylic oxidation sites excluding steroid dienone is 2. The molecule has 0 spiro atoms. The molecule has 0 N–H and O–H groups in total. The van der Waals surface area contributed by atoms with E-state index in [1.165, 1.54) is 25.7 Å². The van der Waals surface area contributed by atoms with E-state index in [1.54, 1.807) is 11.1 Å². The zero-order valence-electron chi connectivity index (χ0n) is 12.7. The summed E-state index contributed by atoms with van der Waals surface area (Å²) < 4.78 is 0. The summed E-state index contributed by atoms with van der Waals surface area (Å²) in [5, 5.41) is 0. The number of hydrogen-bond donors (Lipinski definition) is 0. The third-order valence-corrected chi connectivity index (χ3v) is 6.00. The third kappa shape index (κ3) is 2.06. The number of hydrogen-bond acceptors (Lipinski definition) is 1. The van der Waals surface area contributed by atoms with E-state index in [1.807, 2.05) is 0 Å². The Hall–Kier alpha value is -0.590. The summed E-state index contributed by atoms with van der Waals surface area (Å²) in [6, 6.07) is 0. The number of rotatable bonds is 2. The minimum absolute atomic E-state index is 0.162. The van der Waals surface area contributed by atoms with Gasteiger partial charge in [-0.1, -0.05) is 45.8 Å². The number of aldehydes is 1. The molecule has 2 aliphatic rings. The molecule has 1 nitrogen and oxygen atoms in total. The van der Waals surface area contributed by atoms with E-state index < -0.39 is 0 Å². The molecule has 0 aliphatic heterocycles. The average Bonchev–Trinajstić information content (AvgIpc) is 2.30. The van der Waals surface area contributed by atoms with Gasteiger partial charge in [0.1, 0.15) is 6.29 Å². The lowest BCUT2D eigenvalue weighted by Crippen LogP contribution is -2.40. The van der Waals surface area contributed by atoms with Gasteiger partial charge in [0.05, 0.1) is 0 Å². The molecule has 0 aromatic carbocycles. The molecule has 0 aromatic heterocycles. The summed E-state index contributed by atoms with van der Waals surface area (Å²) in [6.07, 6.45) is 7.47. The summed E-state index contributed by atoms with van der Waals surface area (Å²) in [6.45, 7) is 11.6. The quantitative estimate of drug-likeness (QED) is 0.508. The Labute approximate surface area is 112 Å². The monoisotopic (exact) mass is 248 g/mol. The molecule has 0 heterocycles. The van der Waals surface area contributed by atoms with Gasteiger partial charge in [-0.05, 0) is 48.9 Å². The van der Waals surface area contributed by atoms with Gasteiger partial charge in [-0.15, -0.1) is 0 Å². The zero-order valence-corrected chi connectivity index (χ0v) is 12.7. The maximum atomic E-state index is 11.3. The highest BCUT2D eigenvalue weighted by molar-refractivity contribution is 5.55. The van der Waals surface area contributed by atoms with Crippen molar-refractivity contribution in [3.63, 3.8) is 0 Å². The van der Waals surface area contributed by atoms with E-state index in [2.05, 4.69) is 34.6 Å². The van der Waals surface area contributed by atoms with Gasteiger partial charge in [-0.25, -0.2) is 0 Å². The van der Waals surface area contributed by atoms with Crippen LogP contribution in [0.15, 0.2) is 11.1 Å². The highest BCUT2D eigenvalue weighted by Gasteiger charge is 2.45. The third-order valence-electron chi connectivity index (χ3n) is 6.00. The first kappa shape index (κ1) is 13.8. The second kappa shape index (κ2) is 4.51. The van der Waals surface area contributed by atoms with Crippen LogP contribution in [0.4, 0.5) is 0 Å². The maximum Gasteiger partial charge on any atom is 0.123 e. The molecule has 3 unspecified atom stereocenters. The van der Waals surface area contributed by atoms with Crippen molar-refractivity contribution < 1.29 is 4.79 Å². The van der Waals surface area contributed by atoms with E-state index in [0.717, 1.165) is 12.7 Å². The van der Waals surface area contributed by atoms with Gasteiger partial charge in [0.25, 0.3) is 0 Å². The van der Waals surface area contributed by atoms with E-state index in [9.17, 15) is 4.79 Å². The lowest BCUT2D eigenvalue weighted by molar-refractivity contribution is -0.115. The van der Waals surface area contributed by atoms with Crippen LogP contribution in [0.1, 0.15) is 66.7 Å². The standard InChI is InChI=1S/C17H28O/c1-12-9-14-7-6-8-16(3,4)15(14)10-17(12,5)13(2)11-18/h11-13H,6-10H2,1-5H3. The van der Waals surface area contributed by atoms with Crippen LogP contribution in [0.5, 0.6) is 0 Å². The lowest BCUT2D eigenvalue weighted by Gasteiger charge is -2.49. The summed E-state index contributed by atoms with van der Waals surface area (Å²) in [4.78, 5) is 11.3. The Morgan fingerprint density at radius 3 is 2.61 bits per heavy atom. The Morgan fingerprint density at radius 1 is 1.33 bits per heavy atom. The average molecular weight is 248 g/mol. The summed E-state index contributed by atoms with van der Waals surface area (Å²) in [5.74, 6) is 0.796. The van der Waals surface area contributed by atoms with Crippen LogP contribution >= 0.6 is 0 Å². The molecule has 1 heteroatoms. The normalized spacial score (nSPS) is 37.1. The van der Waals surface area contributed by atoms with Crippen molar-refractivity contribution in [2.75, 3.05) is 0 Å². The molecular weight excluding hydrogens is 220 g/mol. The van der Waals surface area contributed by atoms with Gasteiger partial charge in [-0.3, -0.25) is 0 Å². The van der Waals surface area contributed by atoms with E-state index in [-0.39, 0.29) is 11.3 Å². The van der Waals surface area contributed by atoms with Crippen LogP contribution in [-0.2, 0) is 4.79 Å². The van der Waals surface area contributed by atoms with Crippen molar-refractivity contribution in [3.8, 4) is 0 Å². The van der Waals surface area contributed by atoms with Gasteiger partial charge in [-0.2, -0.15) is 0 Å². The van der Waals surface area contributed by atoms with Crippen molar-refractivity contribution in [2.45, 2.75) is 66.7 Å². The van der Waals surface area contributed by atoms with Crippen LogP contribution in [0.25, 0.3) is 0 Å². The Bertz CT molecular complexity index is 377. The summed E-state index contributed by atoms with van der Waals surface area (Å²) in [5.41, 5.74) is 3.92. The van der Waals surface area contributed by atoms with Crippen LogP contribution in [0.3, 0.4) is 0 Å². The van der Waals surface area contributed by atoms with Crippen molar-refractivity contribution >= 4 is 6.29 Å². The fraction of sp³-hybridized carbons (Fsp3) is 0.824. The number of carbonyl (C=O) groups excluding carboxylic acids is 1. The van der Waals surface area contributed by atoms with Gasteiger partial charge in [0.2, 0.25) is 0 Å². The Kier molecular flexibility index (Phi) is 3.46. The molecule has 102 valence electrons. The molecule has 0 radical (unpaired) electrons. The first-order valence-electron chi connectivity index (χ1n) is 7.48. The van der Waals surface area contributed by atoms with Gasteiger partial charge in [0, 0.05) is 5.92 Å². The zero-order chi connectivity index (χ0) is 13.6. The molecule has 0 fully saturated rings. The fourth-order valence-electron chi connectivity index (χ4n) is 4.04. The molecule has 0 aromatic rings. The SMILES string of the molecule is CC(C=O)C1(C)CC2=C(CCCC2(C)C)CC1C. The van der Waals surface area contributed by atoms with E-state index >= 15 is 0 Å². The van der Waals surface area contributed by atoms with Gasteiger partial charge < -0.3 is 4.79 Å². The Morgan fingerprint density at radius 2 is 2.00 bits per heavy atom. The number of carbonyl (C=O) groups is 1. The molecule has 2 aliphatic carbocycles. The minimum atomic E-state index is 0.162. The van der Waals surface area contributed by atoms with Crippen molar-refractivity contribution in [1.82, 2.24) is 0 Å². The minimum Gasteiger partial charge on any atom is -0.303 e. The topological polar surface area (TPSA) is 17.1 Å². The first-order chi connectivity index (χ1) is 8.31. The van der Waals surface area contributed by atoms with Crippen LogP contribution in [0, 0.1) is 22.7 Å². The van der Waals surface area contributed by atoms with Crippen LogP contribution in [-0.4, -0.2) is 6.29 Å². The van der Waals surface area contributed by atoms with Crippen LogP contribution < -0.4 is 0 Å². The smallest absolute Gasteiger partial charge is 0.123 e. The molecule has 2 rings (SSSR count). The van der Waals surface area contributed by atoms with Crippen molar-refractivity contribution in [1.29, 1.82) is 0 Å². The highest BCUT2D eigenvalue weighted by atomic mass is 16.1. The summed E-state index contributed by atoms with van der Waals surface area (Å²) >= 11 is 0. The Balaban J connectivity index is 2.38. The molecule has 18 heavy (non-hydrogen) atoms. The predicted octanol–water partition coefficient (Wildman–Crippen LogP) is 4.76. The van der Waals surface area contributed by atoms with Crippen LogP contribution in [0.2, 0.25) is 0 Å². The molecule has 0 bridgehead atoms. The predicted molar refractivity (Wildman–Crippen MR) is 76.4 cm³/mol.